The van der Waals surface area contributed by atoms with Crippen LogP contribution in [0.3, 0.4) is 0 Å². The van der Waals surface area contributed by atoms with Crippen molar-refractivity contribution < 1.29 is 4.79 Å². The number of nitrogens with zero attached hydrogens (tertiary/aromatic N) is 2. The number of carbonyl (C=O) groups is 1. The van der Waals surface area contributed by atoms with Crippen LogP contribution in [-0.4, -0.2) is 16.0 Å². The lowest BCUT2D eigenvalue weighted by Gasteiger charge is -2.29. The number of amides is 2. The van der Waals surface area contributed by atoms with Gasteiger partial charge in [-0.3, -0.25) is 4.98 Å². The minimum absolute atomic E-state index is 0.238. The van der Waals surface area contributed by atoms with Gasteiger partial charge in [0.25, 0.3) is 0 Å². The first-order valence-corrected chi connectivity index (χ1v) is 9.74. The lowest BCUT2D eigenvalue weighted by atomic mass is 9.94. The van der Waals surface area contributed by atoms with Crippen molar-refractivity contribution >= 4 is 38.9 Å². The Labute approximate surface area is 165 Å². The van der Waals surface area contributed by atoms with Crippen LogP contribution >= 0.6 is 11.3 Å². The molecule has 0 spiro atoms. The van der Waals surface area contributed by atoms with E-state index in [1.165, 1.54) is 0 Å². The van der Waals surface area contributed by atoms with E-state index in [4.69, 9.17) is 4.98 Å². The first kappa shape index (κ1) is 16.6. The molecule has 0 radical (unpaired) electrons. The maximum atomic E-state index is 12.5. The molecule has 5 nitrogen and oxygen atoms in total. The number of thiazole rings is 1. The van der Waals surface area contributed by atoms with E-state index in [9.17, 15) is 4.79 Å². The quantitative estimate of drug-likeness (QED) is 0.542. The Balaban J connectivity index is 1.78. The minimum Gasteiger partial charge on any atom is -0.327 e. The molecular formula is C22H16N4OS. The Morgan fingerprint density at radius 3 is 2.54 bits per heavy atom. The largest absolute Gasteiger partial charge is 0.327 e. The van der Waals surface area contributed by atoms with Crippen LogP contribution in [0.25, 0.3) is 21.5 Å². The van der Waals surface area contributed by atoms with E-state index in [2.05, 4.69) is 21.7 Å². The summed E-state index contributed by atoms with van der Waals surface area (Å²) in [6.07, 6.45) is 3.51. The van der Waals surface area contributed by atoms with Gasteiger partial charge in [0, 0.05) is 18.0 Å². The van der Waals surface area contributed by atoms with Crippen molar-refractivity contribution in [1.82, 2.24) is 20.6 Å². The van der Waals surface area contributed by atoms with E-state index in [0.717, 1.165) is 37.6 Å². The fraction of sp³-hybridized carbons (Fsp3) is 0.0455. The molecule has 1 atom stereocenters. The molecule has 2 aromatic carbocycles. The number of rotatable bonds is 3. The number of urea groups is 1. The molecule has 5 rings (SSSR count). The molecule has 1 aliphatic rings. The van der Waals surface area contributed by atoms with Crippen molar-refractivity contribution in [2.45, 2.75) is 6.04 Å². The van der Waals surface area contributed by atoms with Crippen molar-refractivity contribution in [3.63, 3.8) is 0 Å². The molecule has 1 aliphatic heterocycles. The second-order valence-electron chi connectivity index (χ2n) is 6.46. The maximum Gasteiger partial charge on any atom is 0.320 e. The SMILES string of the molecule is O=C1NC(c2ccccc2)=C(c2nc3ccccc3s2)[C@H](c2cccnc2)N1. The predicted molar refractivity (Wildman–Crippen MR) is 112 cm³/mol. The molecular weight excluding hydrogens is 368 g/mol. The molecule has 0 unspecified atom stereocenters. The highest BCUT2D eigenvalue weighted by Gasteiger charge is 2.32. The molecule has 28 heavy (non-hydrogen) atoms. The number of aromatic nitrogens is 2. The molecule has 2 amide bonds. The number of hydrogen-bond acceptors (Lipinski definition) is 4. The number of pyridine rings is 1. The normalized spacial score (nSPS) is 16.7. The number of nitrogens with one attached hydrogen (secondary N) is 2. The van der Waals surface area contributed by atoms with Crippen LogP contribution in [0.15, 0.2) is 79.1 Å². The number of hydrogen-bond donors (Lipinski definition) is 2. The van der Waals surface area contributed by atoms with Gasteiger partial charge in [-0.2, -0.15) is 0 Å². The van der Waals surface area contributed by atoms with E-state index in [0.29, 0.717) is 0 Å². The zero-order valence-corrected chi connectivity index (χ0v) is 15.6. The van der Waals surface area contributed by atoms with E-state index < -0.39 is 0 Å². The van der Waals surface area contributed by atoms with Crippen LogP contribution in [0.4, 0.5) is 4.79 Å². The van der Waals surface area contributed by atoms with Gasteiger partial charge in [0.2, 0.25) is 0 Å². The molecule has 136 valence electrons. The highest BCUT2D eigenvalue weighted by Crippen LogP contribution is 2.40. The fourth-order valence-corrected chi connectivity index (χ4v) is 4.46. The monoisotopic (exact) mass is 384 g/mol. The molecule has 3 heterocycles. The van der Waals surface area contributed by atoms with Crippen LogP contribution in [0.5, 0.6) is 0 Å². The predicted octanol–water partition coefficient (Wildman–Crippen LogP) is 4.61. The Morgan fingerprint density at radius 2 is 1.75 bits per heavy atom. The molecule has 6 heteroatoms. The first-order chi connectivity index (χ1) is 13.8. The summed E-state index contributed by atoms with van der Waals surface area (Å²) in [6, 6.07) is 21.2. The zero-order valence-electron chi connectivity index (χ0n) is 14.8. The molecule has 2 aromatic heterocycles. The van der Waals surface area contributed by atoms with Gasteiger partial charge in [-0.25, -0.2) is 9.78 Å². The van der Waals surface area contributed by atoms with Crippen molar-refractivity contribution in [3.05, 3.63) is 95.3 Å². The van der Waals surface area contributed by atoms with Crippen LogP contribution in [-0.2, 0) is 0 Å². The van der Waals surface area contributed by atoms with Gasteiger partial charge in [-0.15, -0.1) is 11.3 Å². The molecule has 0 bridgehead atoms. The summed E-state index contributed by atoms with van der Waals surface area (Å²) in [5, 5.41) is 6.92. The van der Waals surface area contributed by atoms with Crippen molar-refractivity contribution in [2.75, 3.05) is 0 Å². The van der Waals surface area contributed by atoms with Gasteiger partial charge in [-0.05, 0) is 29.3 Å². The van der Waals surface area contributed by atoms with Crippen LogP contribution < -0.4 is 10.6 Å². The Bertz CT molecular complexity index is 1150. The summed E-state index contributed by atoms with van der Waals surface area (Å²) >= 11 is 1.62. The van der Waals surface area contributed by atoms with Gasteiger partial charge in [0.05, 0.1) is 22.0 Å². The van der Waals surface area contributed by atoms with Crippen molar-refractivity contribution in [1.29, 1.82) is 0 Å². The van der Waals surface area contributed by atoms with Crippen LogP contribution in [0.2, 0.25) is 0 Å². The van der Waals surface area contributed by atoms with E-state index >= 15 is 0 Å². The van der Waals surface area contributed by atoms with Gasteiger partial charge in [-0.1, -0.05) is 48.5 Å². The average Bonchev–Trinajstić information content (AvgIpc) is 3.18. The summed E-state index contributed by atoms with van der Waals surface area (Å²) in [4.78, 5) is 21.6. The average molecular weight is 384 g/mol. The fourth-order valence-electron chi connectivity index (χ4n) is 3.41. The summed E-state index contributed by atoms with van der Waals surface area (Å²) in [6.45, 7) is 0. The smallest absolute Gasteiger partial charge is 0.320 e. The maximum absolute atomic E-state index is 12.5. The molecule has 2 N–H and O–H groups in total. The molecule has 0 fully saturated rings. The van der Waals surface area contributed by atoms with Crippen molar-refractivity contribution in [3.8, 4) is 0 Å². The Morgan fingerprint density at radius 1 is 0.929 bits per heavy atom. The number of para-hydroxylation sites is 1. The summed E-state index contributed by atoms with van der Waals surface area (Å²) in [7, 11) is 0. The van der Waals surface area contributed by atoms with E-state index in [-0.39, 0.29) is 12.1 Å². The van der Waals surface area contributed by atoms with Crippen LogP contribution in [0, 0.1) is 0 Å². The molecule has 0 aliphatic carbocycles. The highest BCUT2D eigenvalue weighted by molar-refractivity contribution is 7.19. The minimum atomic E-state index is -0.335. The summed E-state index contributed by atoms with van der Waals surface area (Å²) in [5.74, 6) is 0. The summed E-state index contributed by atoms with van der Waals surface area (Å²) in [5.41, 5.74) is 4.53. The van der Waals surface area contributed by atoms with Gasteiger partial charge in [0.1, 0.15) is 5.01 Å². The Hall–Kier alpha value is -3.51. The van der Waals surface area contributed by atoms with Gasteiger partial charge < -0.3 is 10.6 Å². The lowest BCUT2D eigenvalue weighted by Crippen LogP contribution is -2.43. The zero-order chi connectivity index (χ0) is 18.9. The van der Waals surface area contributed by atoms with Crippen molar-refractivity contribution in [2.24, 2.45) is 0 Å². The molecule has 0 saturated carbocycles. The van der Waals surface area contributed by atoms with Gasteiger partial charge in [0.15, 0.2) is 0 Å². The standard InChI is InChI=1S/C22H16N4OS/c27-22-25-19(14-7-2-1-3-8-14)18(20(26-22)15-9-6-12-23-13-15)21-24-16-10-4-5-11-17(16)28-21/h1-13,20H,(H2,25,26,27)/t20-/m0/s1. The molecule has 0 saturated heterocycles. The third-order valence-corrected chi connectivity index (χ3v) is 5.75. The number of carbonyl (C=O) groups excluding carboxylic acids is 1. The number of fused-ring (bicyclic) bond motifs is 1. The third-order valence-electron chi connectivity index (χ3n) is 4.68. The Kier molecular flexibility index (Phi) is 4.10. The second kappa shape index (κ2) is 6.90. The summed E-state index contributed by atoms with van der Waals surface area (Å²) < 4.78 is 1.11. The van der Waals surface area contributed by atoms with Gasteiger partial charge >= 0.3 is 6.03 Å². The highest BCUT2D eigenvalue weighted by atomic mass is 32.1. The third kappa shape index (κ3) is 2.93. The van der Waals surface area contributed by atoms with E-state index in [1.807, 2.05) is 60.7 Å². The van der Waals surface area contributed by atoms with E-state index in [1.54, 1.807) is 23.7 Å². The first-order valence-electron chi connectivity index (χ1n) is 8.92. The molecule has 4 aromatic rings. The topological polar surface area (TPSA) is 66.9 Å². The lowest BCUT2D eigenvalue weighted by molar-refractivity contribution is 0.242. The van der Waals surface area contributed by atoms with Crippen LogP contribution in [0.1, 0.15) is 22.2 Å². The number of benzene rings is 2. The second-order valence-corrected chi connectivity index (χ2v) is 7.49.